The molecule has 7 rings (SSSR count). The van der Waals surface area contributed by atoms with E-state index in [0.717, 1.165) is 11.1 Å². The number of para-hydroxylation sites is 1. The van der Waals surface area contributed by atoms with Gasteiger partial charge in [0.25, 0.3) is 0 Å². The number of alkyl halides is 24. The number of pyridine rings is 1. The fraction of sp³-hybridized carbons (Fsp3) is 0.170. The maximum Gasteiger partial charge on any atom is 0.416 e. The third kappa shape index (κ3) is 12.6. The predicted molar refractivity (Wildman–Crippen MR) is 217 cm³/mol. The highest BCUT2D eigenvalue weighted by molar-refractivity contribution is 7.20. The number of halogens is 24. The summed E-state index contributed by atoms with van der Waals surface area (Å²) >= 11 is 0. The molecular formula is C47H24BF24NO. The average molecular weight is 1090 g/mol. The van der Waals surface area contributed by atoms with Crippen molar-refractivity contribution in [1.82, 2.24) is 0 Å². The van der Waals surface area contributed by atoms with Gasteiger partial charge in [0.15, 0.2) is 0 Å². The van der Waals surface area contributed by atoms with Crippen LogP contribution in [-0.2, 0) is 49.4 Å². The largest absolute Gasteiger partial charge is 0.416 e. The van der Waals surface area contributed by atoms with E-state index in [4.69, 9.17) is 4.84 Å². The van der Waals surface area contributed by atoms with Gasteiger partial charge in [-0.3, -0.25) is 0 Å². The molecule has 0 radical (unpaired) electrons. The molecule has 0 bridgehead atoms. The summed E-state index contributed by atoms with van der Waals surface area (Å²) in [5, 5.41) is 2.37. The Morgan fingerprint density at radius 2 is 0.527 bits per heavy atom. The average Bonchev–Trinajstić information content (AvgIpc) is 3.27. The third-order valence-corrected chi connectivity index (χ3v) is 11.1. The zero-order valence-electron chi connectivity index (χ0n) is 35.9. The lowest BCUT2D eigenvalue weighted by molar-refractivity contribution is -0.874. The van der Waals surface area contributed by atoms with Crippen LogP contribution in [0.3, 0.4) is 0 Å². The monoisotopic (exact) mass is 1090 g/mol. The van der Waals surface area contributed by atoms with Crippen molar-refractivity contribution >= 4 is 38.8 Å². The number of rotatable bonds is 6. The topological polar surface area (TPSA) is 13.1 Å². The summed E-state index contributed by atoms with van der Waals surface area (Å²) in [6.07, 6.45) is -50.9. The van der Waals surface area contributed by atoms with Crippen molar-refractivity contribution in [3.05, 3.63) is 190 Å². The van der Waals surface area contributed by atoms with Crippen LogP contribution in [0.2, 0.25) is 0 Å². The Morgan fingerprint density at radius 3 is 0.784 bits per heavy atom. The smallest absolute Gasteiger partial charge is 0.232 e. The molecule has 1 aromatic heterocycles. The van der Waals surface area contributed by atoms with E-state index in [0.29, 0.717) is 0 Å². The summed E-state index contributed by atoms with van der Waals surface area (Å²) in [5.74, 6) is 0.827. The molecule has 0 aliphatic carbocycles. The van der Waals surface area contributed by atoms with Gasteiger partial charge in [-0.1, -0.05) is 84.9 Å². The Hall–Kier alpha value is -7.09. The van der Waals surface area contributed by atoms with E-state index in [9.17, 15) is 105 Å². The summed E-state index contributed by atoms with van der Waals surface area (Å²) in [5.41, 5.74) is -30.2. The van der Waals surface area contributed by atoms with Crippen LogP contribution in [0.15, 0.2) is 146 Å². The zero-order valence-corrected chi connectivity index (χ0v) is 35.9. The molecule has 27 heteroatoms. The lowest BCUT2D eigenvalue weighted by Gasteiger charge is -2.46. The molecule has 0 atom stereocenters. The molecule has 7 aromatic rings. The first kappa shape index (κ1) is 56.2. The predicted octanol–water partition coefficient (Wildman–Crippen LogP) is 14.2. The first-order valence-electron chi connectivity index (χ1n) is 20.2. The summed E-state index contributed by atoms with van der Waals surface area (Å²) in [4.78, 5) is 5.70. The summed E-state index contributed by atoms with van der Waals surface area (Å²) < 4.78 is 343. The van der Waals surface area contributed by atoms with Crippen LogP contribution in [0.5, 0.6) is 5.75 Å². The van der Waals surface area contributed by atoms with Gasteiger partial charge in [-0.05, 0) is 47.9 Å². The van der Waals surface area contributed by atoms with E-state index < -0.39 is 195 Å². The molecule has 6 aromatic carbocycles. The second-order valence-electron chi connectivity index (χ2n) is 16.1. The van der Waals surface area contributed by atoms with E-state index in [1.165, 1.54) is 5.39 Å². The van der Waals surface area contributed by atoms with E-state index >= 15 is 0 Å². The van der Waals surface area contributed by atoms with Crippen molar-refractivity contribution in [2.45, 2.75) is 49.4 Å². The van der Waals surface area contributed by atoms with Crippen LogP contribution in [0, 0.1) is 0 Å². The van der Waals surface area contributed by atoms with Gasteiger partial charge in [0.05, 0.1) is 49.9 Å². The van der Waals surface area contributed by atoms with Gasteiger partial charge >= 0.3 is 49.4 Å². The highest BCUT2D eigenvalue weighted by Crippen LogP contribution is 2.41. The molecule has 0 unspecified atom stereocenters. The normalized spacial score (nSPS) is 13.4. The molecule has 0 saturated carbocycles. The fourth-order valence-electron chi connectivity index (χ4n) is 7.84. The number of nitrogens with zero attached hydrogens (tertiary/aromatic N) is 1. The second-order valence-corrected chi connectivity index (χ2v) is 16.1. The number of fused-ring (bicyclic) bond motifs is 1. The maximum absolute atomic E-state index is 14.2. The van der Waals surface area contributed by atoms with Crippen molar-refractivity contribution in [3.8, 4) is 5.75 Å². The lowest BCUT2D eigenvalue weighted by Crippen LogP contribution is -2.75. The minimum absolute atomic E-state index is 0.691. The van der Waals surface area contributed by atoms with Gasteiger partial charge < -0.3 is 0 Å². The van der Waals surface area contributed by atoms with E-state index in [2.05, 4.69) is 12.1 Å². The van der Waals surface area contributed by atoms with Crippen molar-refractivity contribution < 1.29 is 115 Å². The Morgan fingerprint density at radius 1 is 0.284 bits per heavy atom. The van der Waals surface area contributed by atoms with Gasteiger partial charge in [-0.15, -0.1) is 0 Å². The Kier molecular flexibility index (Phi) is 14.7. The molecule has 74 heavy (non-hydrogen) atoms. The summed E-state index contributed by atoms with van der Waals surface area (Å²) in [7, 11) is 0. The number of aromatic nitrogens is 1. The van der Waals surface area contributed by atoms with Gasteiger partial charge in [0.2, 0.25) is 18.1 Å². The molecule has 0 spiro atoms. The van der Waals surface area contributed by atoms with E-state index in [1.54, 1.807) is 4.73 Å². The first-order chi connectivity index (χ1) is 33.7. The minimum atomic E-state index is -6.13. The molecule has 0 saturated heterocycles. The van der Waals surface area contributed by atoms with Crippen LogP contribution in [0.4, 0.5) is 105 Å². The summed E-state index contributed by atoms with van der Waals surface area (Å²) in [6, 6.07) is 11.2. The van der Waals surface area contributed by atoms with Crippen LogP contribution < -0.4 is 31.4 Å². The number of benzene rings is 6. The SMILES string of the molecule is FC(F)(F)c1cc([B-](c2cc(C(F)(F)F)cc(C(F)(F)F)c2)(c2cc(C(F)(F)F)cc(C(F)(F)F)c2)c2cc(C(F)(F)F)cc(C(F)(F)F)c2)cc(C(F)(F)F)c1.c1ccc(O[n+]2ccc3ccccc3c2)cc1. The summed E-state index contributed by atoms with van der Waals surface area (Å²) in [6.45, 7) is 0. The fourth-order valence-corrected chi connectivity index (χ4v) is 7.84. The van der Waals surface area contributed by atoms with Crippen molar-refractivity contribution in [2.75, 3.05) is 0 Å². The maximum atomic E-state index is 14.2. The van der Waals surface area contributed by atoms with Crippen LogP contribution in [0.25, 0.3) is 10.8 Å². The Bertz CT molecular complexity index is 2710. The molecule has 0 amide bonds. The zero-order chi connectivity index (χ0) is 55.4. The molecular weight excluding hydrogens is 1060 g/mol. The molecule has 1 heterocycles. The molecule has 394 valence electrons. The molecule has 0 aliphatic rings. The van der Waals surface area contributed by atoms with Crippen LogP contribution >= 0.6 is 0 Å². The molecule has 0 fully saturated rings. The lowest BCUT2D eigenvalue weighted by atomic mass is 9.12. The quantitative estimate of drug-likeness (QED) is 0.0919. The standard InChI is InChI=1S/C32H12BF24.C15H12NO/c34-25(35,36)13-1-14(26(37,38)39)6-21(5-13)33(22-7-15(27(40,41)42)2-16(8-22)28(43,44)45,23-9-17(29(46,47)48)3-18(10-23)30(49,50)51)24-11-19(31(52,53)54)4-20(12-24)32(55,56)57;1-2-8-15(9-3-1)17-16-11-10-13-6-4-5-7-14(13)12-16/h1-12H;1-12H/q-1;+1. The Labute approximate surface area is 398 Å². The van der Waals surface area contributed by atoms with Crippen molar-refractivity contribution in [2.24, 2.45) is 0 Å². The minimum Gasteiger partial charge on any atom is -0.232 e. The highest BCUT2D eigenvalue weighted by atomic mass is 19.4. The van der Waals surface area contributed by atoms with E-state index in [1.807, 2.05) is 60.9 Å². The first-order valence-corrected chi connectivity index (χ1v) is 20.2. The van der Waals surface area contributed by atoms with Gasteiger partial charge in [0.1, 0.15) is 6.15 Å². The second kappa shape index (κ2) is 19.3. The van der Waals surface area contributed by atoms with Crippen molar-refractivity contribution in [3.63, 3.8) is 0 Å². The van der Waals surface area contributed by atoms with Gasteiger partial charge in [-0.25, -0.2) is 4.84 Å². The number of hydrogen-bond acceptors (Lipinski definition) is 1. The van der Waals surface area contributed by atoms with E-state index in [-0.39, 0.29) is 0 Å². The van der Waals surface area contributed by atoms with Crippen molar-refractivity contribution in [1.29, 1.82) is 0 Å². The third-order valence-electron chi connectivity index (χ3n) is 11.1. The molecule has 0 N–H and O–H groups in total. The van der Waals surface area contributed by atoms with Gasteiger partial charge in [-0.2, -0.15) is 127 Å². The van der Waals surface area contributed by atoms with Crippen LogP contribution in [-0.4, -0.2) is 6.15 Å². The highest BCUT2D eigenvalue weighted by Gasteiger charge is 2.47. The Balaban J connectivity index is 0.000000436. The molecule has 2 nitrogen and oxygen atoms in total. The number of hydrogen-bond donors (Lipinski definition) is 0. The van der Waals surface area contributed by atoms with Gasteiger partial charge in [0, 0.05) is 10.8 Å². The van der Waals surface area contributed by atoms with Crippen LogP contribution in [0.1, 0.15) is 44.5 Å². The molecule has 0 aliphatic heterocycles.